The number of nitrogens with two attached hydrogens (primary N) is 1. The zero-order chi connectivity index (χ0) is 14.9. The van der Waals surface area contributed by atoms with E-state index in [-0.39, 0.29) is 16.5 Å². The van der Waals surface area contributed by atoms with E-state index in [0.717, 1.165) is 15.3 Å². The Morgan fingerprint density at radius 3 is 2.60 bits per heavy atom. The number of anilines is 1. The Labute approximate surface area is 127 Å². The van der Waals surface area contributed by atoms with Gasteiger partial charge in [-0.15, -0.1) is 11.3 Å². The smallest absolute Gasteiger partial charge is 0.242 e. The highest BCUT2D eigenvalue weighted by molar-refractivity contribution is 7.89. The third-order valence-corrected chi connectivity index (χ3v) is 5.71. The minimum absolute atomic E-state index is 0.00976. The van der Waals surface area contributed by atoms with Crippen LogP contribution in [0.15, 0.2) is 29.2 Å². The lowest BCUT2D eigenvalue weighted by molar-refractivity contribution is 0.582. The van der Waals surface area contributed by atoms with Crippen LogP contribution >= 0.6 is 22.9 Å². The number of hydrogen-bond acceptors (Lipinski definition) is 4. The van der Waals surface area contributed by atoms with Crippen LogP contribution in [-0.2, 0) is 16.6 Å². The molecule has 0 amide bonds. The van der Waals surface area contributed by atoms with Crippen LogP contribution in [0, 0.1) is 13.8 Å². The topological polar surface area (TPSA) is 72.2 Å². The Balaban J connectivity index is 2.24. The normalized spacial score (nSPS) is 11.8. The molecule has 1 heterocycles. The molecule has 0 aliphatic rings. The number of sulfonamides is 1. The van der Waals surface area contributed by atoms with E-state index in [1.807, 2.05) is 19.1 Å². The Kier molecular flexibility index (Phi) is 4.39. The Morgan fingerprint density at radius 1 is 1.30 bits per heavy atom. The summed E-state index contributed by atoms with van der Waals surface area (Å²) in [6.45, 7) is 3.99. The first-order valence-electron chi connectivity index (χ1n) is 5.90. The first kappa shape index (κ1) is 15.3. The van der Waals surface area contributed by atoms with Gasteiger partial charge in [-0.3, -0.25) is 0 Å². The second-order valence-electron chi connectivity index (χ2n) is 4.48. The minimum Gasteiger partial charge on any atom is -0.398 e. The predicted octanol–water partition coefficient (Wildman–Crippen LogP) is 3.08. The molecule has 0 unspecified atom stereocenters. The van der Waals surface area contributed by atoms with E-state index in [0.29, 0.717) is 5.69 Å². The van der Waals surface area contributed by atoms with Gasteiger partial charge in [-0.1, -0.05) is 11.6 Å². The molecule has 3 N–H and O–H groups in total. The second-order valence-corrected chi connectivity index (χ2v) is 7.99. The molecule has 0 aliphatic heterocycles. The van der Waals surface area contributed by atoms with E-state index in [1.54, 1.807) is 24.3 Å². The van der Waals surface area contributed by atoms with Crippen molar-refractivity contribution in [2.24, 2.45) is 0 Å². The third-order valence-electron chi connectivity index (χ3n) is 2.84. The lowest BCUT2D eigenvalue weighted by Gasteiger charge is -2.10. The van der Waals surface area contributed by atoms with Crippen LogP contribution in [-0.4, -0.2) is 8.42 Å². The number of rotatable bonds is 4. The zero-order valence-electron chi connectivity index (χ0n) is 11.1. The SMILES string of the molecule is Cc1ccc(CNS(=O)(=O)c2cc(N)c(C)cc2Cl)s1. The first-order valence-corrected chi connectivity index (χ1v) is 8.58. The summed E-state index contributed by atoms with van der Waals surface area (Å²) in [6.07, 6.45) is 0. The van der Waals surface area contributed by atoms with Gasteiger partial charge in [0.25, 0.3) is 0 Å². The molecule has 0 spiro atoms. The number of hydrogen-bond donors (Lipinski definition) is 2. The molecule has 1 aromatic heterocycles. The summed E-state index contributed by atoms with van der Waals surface area (Å²) >= 11 is 7.55. The van der Waals surface area contributed by atoms with Gasteiger partial charge < -0.3 is 5.73 Å². The van der Waals surface area contributed by atoms with Gasteiger partial charge in [0.2, 0.25) is 10.0 Å². The number of aryl methyl sites for hydroxylation is 2. The maximum atomic E-state index is 12.3. The summed E-state index contributed by atoms with van der Waals surface area (Å²) in [7, 11) is -3.67. The van der Waals surface area contributed by atoms with Crippen molar-refractivity contribution in [3.05, 3.63) is 44.6 Å². The van der Waals surface area contributed by atoms with Crippen LogP contribution in [0.2, 0.25) is 5.02 Å². The summed E-state index contributed by atoms with van der Waals surface area (Å²) in [4.78, 5) is 2.09. The first-order chi connectivity index (χ1) is 9.29. The summed E-state index contributed by atoms with van der Waals surface area (Å²) in [6, 6.07) is 6.79. The van der Waals surface area contributed by atoms with Gasteiger partial charge in [-0.05, 0) is 43.7 Å². The molecule has 0 saturated heterocycles. The molecule has 0 radical (unpaired) electrons. The van der Waals surface area contributed by atoms with E-state index in [2.05, 4.69) is 4.72 Å². The third kappa shape index (κ3) is 3.32. The molecule has 20 heavy (non-hydrogen) atoms. The summed E-state index contributed by atoms with van der Waals surface area (Å²) in [5.41, 5.74) is 6.91. The number of thiophene rings is 1. The van der Waals surface area contributed by atoms with Crippen LogP contribution < -0.4 is 10.5 Å². The van der Waals surface area contributed by atoms with Crippen LogP contribution in [0.25, 0.3) is 0 Å². The molecule has 0 atom stereocenters. The molecule has 0 bridgehead atoms. The number of benzene rings is 1. The lowest BCUT2D eigenvalue weighted by Crippen LogP contribution is -2.23. The van der Waals surface area contributed by atoms with E-state index in [9.17, 15) is 8.42 Å². The summed E-state index contributed by atoms with van der Waals surface area (Å²) < 4.78 is 27.0. The molecule has 108 valence electrons. The Hall–Kier alpha value is -1.08. The average Bonchev–Trinajstić information content (AvgIpc) is 2.77. The van der Waals surface area contributed by atoms with Crippen molar-refractivity contribution in [1.29, 1.82) is 0 Å². The van der Waals surface area contributed by atoms with Crippen molar-refractivity contribution in [2.75, 3.05) is 5.73 Å². The second kappa shape index (κ2) is 5.73. The van der Waals surface area contributed by atoms with Gasteiger partial charge in [0, 0.05) is 22.0 Å². The molecule has 0 saturated carbocycles. The highest BCUT2D eigenvalue weighted by Crippen LogP contribution is 2.27. The molecule has 2 aromatic rings. The molecule has 7 heteroatoms. The summed E-state index contributed by atoms with van der Waals surface area (Å²) in [5.74, 6) is 0. The Morgan fingerprint density at radius 2 is 2.00 bits per heavy atom. The van der Waals surface area contributed by atoms with Gasteiger partial charge in [0.15, 0.2) is 0 Å². The fraction of sp³-hybridized carbons (Fsp3) is 0.231. The highest BCUT2D eigenvalue weighted by Gasteiger charge is 2.19. The highest BCUT2D eigenvalue weighted by atomic mass is 35.5. The fourth-order valence-corrected chi connectivity index (χ4v) is 4.24. The molecule has 4 nitrogen and oxygen atoms in total. The number of nitrogen functional groups attached to an aromatic ring is 1. The minimum atomic E-state index is -3.67. The van der Waals surface area contributed by atoms with Gasteiger partial charge in [-0.25, -0.2) is 13.1 Å². The molecule has 0 fully saturated rings. The van der Waals surface area contributed by atoms with Crippen molar-refractivity contribution < 1.29 is 8.42 Å². The standard InChI is InChI=1S/C13H15ClN2O2S2/c1-8-5-11(14)13(6-12(8)15)20(17,18)16-7-10-4-3-9(2)19-10/h3-6,16H,7,15H2,1-2H3. The van der Waals surface area contributed by atoms with Crippen LogP contribution in [0.3, 0.4) is 0 Å². The van der Waals surface area contributed by atoms with Gasteiger partial charge in [0.05, 0.1) is 5.02 Å². The van der Waals surface area contributed by atoms with Crippen LogP contribution in [0.4, 0.5) is 5.69 Å². The molecular formula is C13H15ClN2O2S2. The van der Waals surface area contributed by atoms with Crippen molar-refractivity contribution in [3.8, 4) is 0 Å². The molecule has 0 aliphatic carbocycles. The van der Waals surface area contributed by atoms with E-state index in [1.165, 1.54) is 6.07 Å². The van der Waals surface area contributed by atoms with E-state index < -0.39 is 10.0 Å². The van der Waals surface area contributed by atoms with Crippen LogP contribution in [0.5, 0.6) is 0 Å². The fourth-order valence-electron chi connectivity index (χ4n) is 1.70. The van der Waals surface area contributed by atoms with Gasteiger partial charge >= 0.3 is 0 Å². The van der Waals surface area contributed by atoms with Crippen molar-refractivity contribution in [1.82, 2.24) is 4.72 Å². The Bertz CT molecular complexity index is 739. The van der Waals surface area contributed by atoms with Gasteiger partial charge in [0.1, 0.15) is 4.90 Å². The molecular weight excluding hydrogens is 316 g/mol. The van der Waals surface area contributed by atoms with Crippen molar-refractivity contribution in [3.63, 3.8) is 0 Å². The molecule has 2 rings (SSSR count). The van der Waals surface area contributed by atoms with Crippen LogP contribution in [0.1, 0.15) is 15.3 Å². The summed E-state index contributed by atoms with van der Waals surface area (Å²) in [5, 5.41) is 0.173. The predicted molar refractivity (Wildman–Crippen MR) is 83.7 cm³/mol. The molecule has 1 aromatic carbocycles. The zero-order valence-corrected chi connectivity index (χ0v) is 13.5. The average molecular weight is 331 g/mol. The monoisotopic (exact) mass is 330 g/mol. The van der Waals surface area contributed by atoms with Gasteiger partial charge in [-0.2, -0.15) is 0 Å². The maximum Gasteiger partial charge on any atom is 0.242 e. The maximum absolute atomic E-state index is 12.3. The van der Waals surface area contributed by atoms with E-state index >= 15 is 0 Å². The van der Waals surface area contributed by atoms with Crippen molar-refractivity contribution >= 4 is 38.6 Å². The number of nitrogens with one attached hydrogen (secondary N) is 1. The number of halogens is 1. The lowest BCUT2D eigenvalue weighted by atomic mass is 10.2. The quantitative estimate of drug-likeness (QED) is 0.846. The van der Waals surface area contributed by atoms with E-state index in [4.69, 9.17) is 17.3 Å². The van der Waals surface area contributed by atoms with Crippen molar-refractivity contribution in [2.45, 2.75) is 25.3 Å². The largest absolute Gasteiger partial charge is 0.398 e.